The molecule has 0 fully saturated rings. The molecule has 0 rings (SSSR count). The first-order chi connectivity index (χ1) is 4.27. The number of allylic oxidation sites excluding steroid dienone is 1. The smallest absolute Gasteiger partial charge is 0.0448 e. The normalized spacial score (nSPS) is 10.9. The Morgan fingerprint density at radius 2 is 1.89 bits per heavy atom. The van der Waals surface area contributed by atoms with Crippen molar-refractivity contribution >= 4 is 6.21 Å². The maximum Gasteiger partial charge on any atom is 0.0448 e. The van der Waals surface area contributed by atoms with Gasteiger partial charge in [0.2, 0.25) is 0 Å². The highest BCUT2D eigenvalue weighted by molar-refractivity contribution is 5.54. The van der Waals surface area contributed by atoms with Crippen molar-refractivity contribution < 1.29 is 0 Å². The lowest BCUT2D eigenvalue weighted by atomic mass is 10.6. The van der Waals surface area contributed by atoms with E-state index >= 15 is 0 Å². The lowest BCUT2D eigenvalue weighted by Gasteiger charge is -1.79. The molecule has 0 saturated carbocycles. The average molecular weight is 128 g/mol. The second-order valence-electron chi connectivity index (χ2n) is 1.28. The van der Waals surface area contributed by atoms with Crippen LogP contribution in [-0.4, -0.2) is 6.21 Å². The summed E-state index contributed by atoms with van der Waals surface area (Å²) >= 11 is 0. The number of nitrogens with two attached hydrogens (primary N) is 1. The van der Waals surface area contributed by atoms with E-state index in [1.165, 1.54) is 0 Å². The predicted molar refractivity (Wildman–Crippen MR) is 43.5 cm³/mol. The van der Waals surface area contributed by atoms with E-state index in [0.29, 0.717) is 0 Å². The highest BCUT2D eigenvalue weighted by Crippen LogP contribution is 1.77. The van der Waals surface area contributed by atoms with Crippen LogP contribution in [0.4, 0.5) is 0 Å². The zero-order chi connectivity index (χ0) is 7.70. The van der Waals surface area contributed by atoms with Crippen LogP contribution in [0.15, 0.2) is 16.9 Å². The first-order valence-corrected chi connectivity index (χ1v) is 3.17. The molecule has 2 N–H and O–H groups in total. The third-order valence-corrected chi connectivity index (χ3v) is 0.427. The Labute approximate surface area is 57.5 Å². The van der Waals surface area contributed by atoms with E-state index in [2.05, 4.69) is 4.99 Å². The second kappa shape index (κ2) is 10.2. The van der Waals surface area contributed by atoms with E-state index in [4.69, 9.17) is 5.73 Å². The van der Waals surface area contributed by atoms with Crippen molar-refractivity contribution in [3.63, 3.8) is 0 Å². The predicted octanol–water partition coefficient (Wildman–Crippen LogP) is 1.92. The molecule has 0 amide bonds. The quantitative estimate of drug-likeness (QED) is 0.538. The van der Waals surface area contributed by atoms with Gasteiger partial charge in [-0.3, -0.25) is 4.99 Å². The summed E-state index contributed by atoms with van der Waals surface area (Å²) in [7, 11) is 0. The van der Waals surface area contributed by atoms with Gasteiger partial charge in [-0.15, -0.1) is 0 Å². The monoisotopic (exact) mass is 128 g/mol. The van der Waals surface area contributed by atoms with Gasteiger partial charge in [-0.05, 0) is 13.8 Å². The molecule has 0 atom stereocenters. The Kier molecular flexibility index (Phi) is 12.6. The van der Waals surface area contributed by atoms with Crippen LogP contribution < -0.4 is 5.73 Å². The minimum Gasteiger partial charge on any atom is -0.401 e. The third-order valence-electron chi connectivity index (χ3n) is 0.427. The lowest BCUT2D eigenvalue weighted by molar-refractivity contribution is 1.28. The van der Waals surface area contributed by atoms with E-state index in [-0.39, 0.29) is 0 Å². The van der Waals surface area contributed by atoms with Crippen LogP contribution in [0.3, 0.4) is 0 Å². The molecular weight excluding hydrogens is 112 g/mol. The molecule has 0 aromatic rings. The third kappa shape index (κ3) is 19.0. The average Bonchev–Trinajstić information content (AvgIpc) is 1.88. The largest absolute Gasteiger partial charge is 0.401 e. The molecular formula is C7H16N2. The fourth-order valence-corrected chi connectivity index (χ4v) is 0.192. The van der Waals surface area contributed by atoms with Gasteiger partial charge in [0, 0.05) is 18.1 Å². The highest BCUT2D eigenvalue weighted by atomic mass is 14.7. The van der Waals surface area contributed by atoms with Crippen LogP contribution >= 0.6 is 0 Å². The Bertz CT molecular complexity index is 89.1. The standard InChI is InChI=1S/C5H10N2.C2H6/c1-3-7-4-5(2)6;1-2/h3-4H,6H2,1-2H3;1-2H3/b5-4+,7-3?;. The van der Waals surface area contributed by atoms with Crippen molar-refractivity contribution in [2.24, 2.45) is 10.7 Å². The molecule has 0 aliphatic rings. The van der Waals surface area contributed by atoms with Crippen LogP contribution in [-0.2, 0) is 0 Å². The Balaban J connectivity index is 0. The van der Waals surface area contributed by atoms with Crippen molar-refractivity contribution in [1.29, 1.82) is 0 Å². The summed E-state index contributed by atoms with van der Waals surface area (Å²) in [6.07, 6.45) is 3.30. The number of rotatable bonds is 1. The van der Waals surface area contributed by atoms with Crippen LogP contribution in [0.2, 0.25) is 0 Å². The van der Waals surface area contributed by atoms with Gasteiger partial charge < -0.3 is 5.73 Å². The van der Waals surface area contributed by atoms with E-state index in [1.54, 1.807) is 19.3 Å². The molecule has 0 spiro atoms. The molecule has 0 radical (unpaired) electrons. The summed E-state index contributed by atoms with van der Waals surface area (Å²) in [6.45, 7) is 7.65. The van der Waals surface area contributed by atoms with Gasteiger partial charge in [-0.1, -0.05) is 13.8 Å². The molecule has 0 unspecified atom stereocenters. The van der Waals surface area contributed by atoms with Gasteiger partial charge in [0.05, 0.1) is 0 Å². The summed E-state index contributed by atoms with van der Waals surface area (Å²) in [5.74, 6) is 0. The van der Waals surface area contributed by atoms with Gasteiger partial charge in [-0.25, -0.2) is 0 Å². The fourth-order valence-electron chi connectivity index (χ4n) is 0.192. The van der Waals surface area contributed by atoms with Crippen molar-refractivity contribution in [3.8, 4) is 0 Å². The number of nitrogens with zero attached hydrogens (tertiary/aromatic N) is 1. The molecule has 0 bridgehead atoms. The molecule has 0 heterocycles. The number of hydrogen-bond donors (Lipinski definition) is 1. The first-order valence-electron chi connectivity index (χ1n) is 3.17. The molecule has 0 saturated heterocycles. The summed E-state index contributed by atoms with van der Waals surface area (Å²) in [5.41, 5.74) is 5.96. The zero-order valence-corrected chi connectivity index (χ0v) is 6.68. The van der Waals surface area contributed by atoms with Gasteiger partial charge in [-0.2, -0.15) is 0 Å². The Morgan fingerprint density at radius 3 is 2.00 bits per heavy atom. The molecule has 2 heteroatoms. The zero-order valence-electron chi connectivity index (χ0n) is 6.68. The van der Waals surface area contributed by atoms with Gasteiger partial charge in [0.25, 0.3) is 0 Å². The first kappa shape index (κ1) is 11.1. The topological polar surface area (TPSA) is 38.4 Å². The van der Waals surface area contributed by atoms with Crippen molar-refractivity contribution in [2.75, 3.05) is 0 Å². The lowest BCUT2D eigenvalue weighted by Crippen LogP contribution is -1.87. The Morgan fingerprint density at radius 1 is 1.44 bits per heavy atom. The van der Waals surface area contributed by atoms with Crippen LogP contribution in [0.5, 0.6) is 0 Å². The van der Waals surface area contributed by atoms with Crippen molar-refractivity contribution in [2.45, 2.75) is 27.7 Å². The number of hydrogen-bond acceptors (Lipinski definition) is 2. The summed E-state index contributed by atoms with van der Waals surface area (Å²) < 4.78 is 0. The SMILES string of the molecule is CC.CC=N/C=C(\C)N. The van der Waals surface area contributed by atoms with E-state index < -0.39 is 0 Å². The second-order valence-corrected chi connectivity index (χ2v) is 1.28. The molecule has 54 valence electrons. The van der Waals surface area contributed by atoms with E-state index in [0.717, 1.165) is 5.70 Å². The van der Waals surface area contributed by atoms with Crippen molar-refractivity contribution in [3.05, 3.63) is 11.9 Å². The summed E-state index contributed by atoms with van der Waals surface area (Å²) in [6, 6.07) is 0. The molecule has 0 aliphatic carbocycles. The molecule has 0 aromatic carbocycles. The fraction of sp³-hybridized carbons (Fsp3) is 0.571. The summed E-state index contributed by atoms with van der Waals surface area (Å²) in [4.78, 5) is 3.76. The van der Waals surface area contributed by atoms with E-state index in [9.17, 15) is 0 Å². The highest BCUT2D eigenvalue weighted by Gasteiger charge is 1.66. The molecule has 0 aromatic heterocycles. The van der Waals surface area contributed by atoms with Gasteiger partial charge in [0.15, 0.2) is 0 Å². The Hall–Kier alpha value is -0.790. The van der Waals surface area contributed by atoms with Crippen molar-refractivity contribution in [1.82, 2.24) is 0 Å². The molecule has 9 heavy (non-hydrogen) atoms. The summed E-state index contributed by atoms with van der Waals surface area (Å²) in [5, 5.41) is 0. The molecule has 2 nitrogen and oxygen atoms in total. The van der Waals surface area contributed by atoms with Crippen LogP contribution in [0.25, 0.3) is 0 Å². The van der Waals surface area contributed by atoms with Crippen LogP contribution in [0, 0.1) is 0 Å². The van der Waals surface area contributed by atoms with Gasteiger partial charge in [0.1, 0.15) is 0 Å². The van der Waals surface area contributed by atoms with Crippen LogP contribution in [0.1, 0.15) is 27.7 Å². The minimum absolute atomic E-state index is 0.734. The maximum absolute atomic E-state index is 5.23. The van der Waals surface area contributed by atoms with E-state index in [1.807, 2.05) is 20.8 Å². The molecule has 0 aliphatic heterocycles. The van der Waals surface area contributed by atoms with Gasteiger partial charge >= 0.3 is 0 Å². The maximum atomic E-state index is 5.23. The minimum atomic E-state index is 0.734. The number of aliphatic imine (C=N–C) groups is 1.